The SMILES string of the molecule is CN1CC2CNCCN2c2ccccc21. The largest absolute Gasteiger partial charge is 0.371 e. The summed E-state index contributed by atoms with van der Waals surface area (Å²) in [6, 6.07) is 9.35. The van der Waals surface area contributed by atoms with Crippen LogP contribution >= 0.6 is 0 Å². The lowest BCUT2D eigenvalue weighted by atomic mass is 10.1. The van der Waals surface area contributed by atoms with Gasteiger partial charge in [-0.1, -0.05) is 12.1 Å². The van der Waals surface area contributed by atoms with Gasteiger partial charge in [0.25, 0.3) is 0 Å². The molecule has 1 N–H and O–H groups in total. The molecule has 0 radical (unpaired) electrons. The van der Waals surface area contributed by atoms with Crippen LogP contribution in [0.5, 0.6) is 0 Å². The lowest BCUT2D eigenvalue weighted by Crippen LogP contribution is -2.58. The maximum Gasteiger partial charge on any atom is 0.0608 e. The van der Waals surface area contributed by atoms with Gasteiger partial charge in [0.05, 0.1) is 17.4 Å². The monoisotopic (exact) mass is 203 g/mol. The minimum absolute atomic E-state index is 0.638. The number of para-hydroxylation sites is 2. The van der Waals surface area contributed by atoms with E-state index < -0.39 is 0 Å². The van der Waals surface area contributed by atoms with Crippen molar-refractivity contribution in [2.75, 3.05) is 43.0 Å². The van der Waals surface area contributed by atoms with Crippen molar-refractivity contribution in [3.63, 3.8) is 0 Å². The molecule has 15 heavy (non-hydrogen) atoms. The Balaban J connectivity index is 2.03. The van der Waals surface area contributed by atoms with Crippen molar-refractivity contribution >= 4 is 11.4 Å². The van der Waals surface area contributed by atoms with Gasteiger partial charge in [0, 0.05) is 33.2 Å². The molecule has 0 aromatic heterocycles. The summed E-state index contributed by atoms with van der Waals surface area (Å²) in [5.74, 6) is 0. The highest BCUT2D eigenvalue weighted by atomic mass is 15.3. The molecule has 3 heteroatoms. The Morgan fingerprint density at radius 1 is 1.27 bits per heavy atom. The maximum absolute atomic E-state index is 3.47. The molecule has 1 fully saturated rings. The number of benzene rings is 1. The average Bonchev–Trinajstić information content (AvgIpc) is 2.30. The molecule has 0 bridgehead atoms. The molecule has 1 aromatic rings. The first-order valence-electron chi connectivity index (χ1n) is 5.64. The van der Waals surface area contributed by atoms with E-state index in [1.807, 2.05) is 0 Å². The number of rotatable bonds is 0. The van der Waals surface area contributed by atoms with Gasteiger partial charge < -0.3 is 15.1 Å². The summed E-state index contributed by atoms with van der Waals surface area (Å²) < 4.78 is 0. The quantitative estimate of drug-likeness (QED) is 0.676. The van der Waals surface area contributed by atoms with Gasteiger partial charge in [-0.25, -0.2) is 0 Å². The summed E-state index contributed by atoms with van der Waals surface area (Å²) in [6.45, 7) is 4.48. The van der Waals surface area contributed by atoms with E-state index in [9.17, 15) is 0 Å². The Morgan fingerprint density at radius 3 is 2.93 bits per heavy atom. The molecule has 1 atom stereocenters. The van der Waals surface area contributed by atoms with Gasteiger partial charge in [-0.05, 0) is 12.1 Å². The van der Waals surface area contributed by atoms with Crippen LogP contribution in [0.15, 0.2) is 24.3 Å². The number of anilines is 2. The molecule has 2 aliphatic heterocycles. The zero-order chi connectivity index (χ0) is 10.3. The summed E-state index contributed by atoms with van der Waals surface area (Å²) in [5.41, 5.74) is 2.77. The molecule has 2 heterocycles. The Kier molecular flexibility index (Phi) is 2.06. The molecule has 2 aliphatic rings. The van der Waals surface area contributed by atoms with Crippen LogP contribution in [0.25, 0.3) is 0 Å². The van der Waals surface area contributed by atoms with Crippen LogP contribution in [-0.4, -0.2) is 39.3 Å². The predicted octanol–water partition coefficient (Wildman–Crippen LogP) is 0.915. The van der Waals surface area contributed by atoms with Crippen molar-refractivity contribution in [3.8, 4) is 0 Å². The molecule has 80 valence electrons. The number of hydrogen-bond acceptors (Lipinski definition) is 3. The standard InChI is InChI=1S/C12H17N3/c1-14-9-10-8-13-6-7-15(10)12-5-3-2-4-11(12)14/h2-5,10,13H,6-9H2,1H3. The number of likely N-dealkylation sites (N-methyl/N-ethyl adjacent to an activating group) is 1. The van der Waals surface area contributed by atoms with Crippen LogP contribution in [-0.2, 0) is 0 Å². The van der Waals surface area contributed by atoms with Gasteiger partial charge in [-0.3, -0.25) is 0 Å². The zero-order valence-electron chi connectivity index (χ0n) is 9.11. The summed E-state index contributed by atoms with van der Waals surface area (Å²) >= 11 is 0. The third-order valence-corrected chi connectivity index (χ3v) is 3.44. The summed E-state index contributed by atoms with van der Waals surface area (Å²) in [7, 11) is 2.19. The van der Waals surface area contributed by atoms with Crippen molar-refractivity contribution in [1.82, 2.24) is 5.32 Å². The molecule has 1 saturated heterocycles. The highest BCUT2D eigenvalue weighted by Crippen LogP contribution is 2.34. The third-order valence-electron chi connectivity index (χ3n) is 3.44. The highest BCUT2D eigenvalue weighted by molar-refractivity contribution is 5.74. The minimum atomic E-state index is 0.638. The minimum Gasteiger partial charge on any atom is -0.371 e. The van der Waals surface area contributed by atoms with Gasteiger partial charge in [0.2, 0.25) is 0 Å². The van der Waals surface area contributed by atoms with Crippen molar-refractivity contribution in [3.05, 3.63) is 24.3 Å². The van der Waals surface area contributed by atoms with E-state index in [2.05, 4.69) is 46.4 Å². The van der Waals surface area contributed by atoms with Crippen LogP contribution in [0, 0.1) is 0 Å². The third kappa shape index (κ3) is 1.38. The van der Waals surface area contributed by atoms with E-state index in [1.165, 1.54) is 11.4 Å². The normalized spacial score (nSPS) is 24.7. The molecule has 0 amide bonds. The van der Waals surface area contributed by atoms with Gasteiger partial charge in [-0.15, -0.1) is 0 Å². The second kappa shape index (κ2) is 3.42. The number of nitrogens with one attached hydrogen (secondary N) is 1. The van der Waals surface area contributed by atoms with E-state index in [4.69, 9.17) is 0 Å². The van der Waals surface area contributed by atoms with Crippen molar-refractivity contribution in [2.24, 2.45) is 0 Å². The molecular weight excluding hydrogens is 186 g/mol. The zero-order valence-corrected chi connectivity index (χ0v) is 9.11. The summed E-state index contributed by atoms with van der Waals surface area (Å²) in [4.78, 5) is 4.91. The molecule has 3 rings (SSSR count). The van der Waals surface area contributed by atoms with Gasteiger partial charge in [-0.2, -0.15) is 0 Å². The number of hydrogen-bond donors (Lipinski definition) is 1. The van der Waals surface area contributed by atoms with Crippen LogP contribution in [0.4, 0.5) is 11.4 Å². The Morgan fingerprint density at radius 2 is 2.07 bits per heavy atom. The fourth-order valence-electron chi connectivity index (χ4n) is 2.69. The molecular formula is C12H17N3. The maximum atomic E-state index is 3.47. The van der Waals surface area contributed by atoms with Crippen LogP contribution in [0.3, 0.4) is 0 Å². The highest BCUT2D eigenvalue weighted by Gasteiger charge is 2.30. The molecule has 3 nitrogen and oxygen atoms in total. The van der Waals surface area contributed by atoms with Crippen LogP contribution in [0.1, 0.15) is 0 Å². The first-order chi connectivity index (χ1) is 7.36. The van der Waals surface area contributed by atoms with Gasteiger partial charge >= 0.3 is 0 Å². The summed E-state index contributed by atoms with van der Waals surface area (Å²) in [6.07, 6.45) is 0. The van der Waals surface area contributed by atoms with E-state index in [0.29, 0.717) is 6.04 Å². The Hall–Kier alpha value is -1.22. The van der Waals surface area contributed by atoms with E-state index in [-0.39, 0.29) is 0 Å². The lowest BCUT2D eigenvalue weighted by Gasteiger charge is -2.46. The second-order valence-corrected chi connectivity index (χ2v) is 4.42. The van der Waals surface area contributed by atoms with Crippen LogP contribution in [0.2, 0.25) is 0 Å². The fraction of sp³-hybridized carbons (Fsp3) is 0.500. The Bertz CT molecular complexity index is 364. The van der Waals surface area contributed by atoms with E-state index >= 15 is 0 Å². The Labute approximate surface area is 90.7 Å². The predicted molar refractivity (Wildman–Crippen MR) is 63.7 cm³/mol. The van der Waals surface area contributed by atoms with Gasteiger partial charge in [0.1, 0.15) is 0 Å². The van der Waals surface area contributed by atoms with E-state index in [0.717, 1.165) is 26.2 Å². The molecule has 1 unspecified atom stereocenters. The number of piperazine rings is 1. The average molecular weight is 203 g/mol. The van der Waals surface area contributed by atoms with Crippen molar-refractivity contribution in [1.29, 1.82) is 0 Å². The lowest BCUT2D eigenvalue weighted by molar-refractivity contribution is 0.466. The number of nitrogens with zero attached hydrogens (tertiary/aromatic N) is 2. The molecule has 0 aliphatic carbocycles. The van der Waals surface area contributed by atoms with Crippen molar-refractivity contribution < 1.29 is 0 Å². The smallest absolute Gasteiger partial charge is 0.0608 e. The van der Waals surface area contributed by atoms with Crippen molar-refractivity contribution in [2.45, 2.75) is 6.04 Å². The van der Waals surface area contributed by atoms with Crippen LogP contribution < -0.4 is 15.1 Å². The fourth-order valence-corrected chi connectivity index (χ4v) is 2.69. The first kappa shape index (κ1) is 9.04. The number of fused-ring (bicyclic) bond motifs is 3. The molecule has 0 saturated carbocycles. The first-order valence-corrected chi connectivity index (χ1v) is 5.64. The topological polar surface area (TPSA) is 18.5 Å². The molecule has 1 aromatic carbocycles. The van der Waals surface area contributed by atoms with E-state index in [1.54, 1.807) is 0 Å². The second-order valence-electron chi connectivity index (χ2n) is 4.42. The molecule has 0 spiro atoms. The van der Waals surface area contributed by atoms with Gasteiger partial charge in [0.15, 0.2) is 0 Å². The summed E-state index contributed by atoms with van der Waals surface area (Å²) in [5, 5.41) is 3.47.